The molecule has 2 N–H and O–H groups in total. The summed E-state index contributed by atoms with van der Waals surface area (Å²) in [4.78, 5) is 14.5. The van der Waals surface area contributed by atoms with E-state index in [1.165, 1.54) is 12.1 Å². The van der Waals surface area contributed by atoms with Gasteiger partial charge in [0, 0.05) is 25.0 Å². The minimum absolute atomic E-state index is 0. The fourth-order valence-electron chi connectivity index (χ4n) is 4.07. The van der Waals surface area contributed by atoms with Crippen LogP contribution in [0.4, 0.5) is 13.2 Å². The van der Waals surface area contributed by atoms with Crippen molar-refractivity contribution in [2.75, 3.05) is 13.1 Å². The third-order valence-electron chi connectivity index (χ3n) is 5.47. The maximum absolute atomic E-state index is 12.6. The molecule has 2 fully saturated rings. The normalized spacial score (nSPS) is 26.9. The van der Waals surface area contributed by atoms with Crippen LogP contribution >= 0.6 is 12.4 Å². The standard InChI is InChI=1S/C18H23F3N2O.ClH/c1-11(8-12-2-5-14(6-3-12)18(19,20)21)17(24)23-9-13-4-7-16(22)15(13)10-23;/h2-3,5-6,11,13,15-16H,4,7-10,22H2,1H3;1H. The molecule has 4 atom stereocenters. The van der Waals surface area contributed by atoms with Crippen molar-refractivity contribution in [3.63, 3.8) is 0 Å². The number of benzene rings is 1. The number of hydrogen-bond donors (Lipinski definition) is 1. The molecule has 0 radical (unpaired) electrons. The van der Waals surface area contributed by atoms with Crippen LogP contribution in [-0.4, -0.2) is 29.9 Å². The quantitative estimate of drug-likeness (QED) is 0.877. The summed E-state index contributed by atoms with van der Waals surface area (Å²) in [6, 6.07) is 5.26. The van der Waals surface area contributed by atoms with Gasteiger partial charge in [0.25, 0.3) is 0 Å². The van der Waals surface area contributed by atoms with Crippen molar-refractivity contribution in [1.82, 2.24) is 4.90 Å². The maximum Gasteiger partial charge on any atom is 0.416 e. The Bertz CT molecular complexity index is 605. The Kier molecular flexibility index (Phi) is 6.05. The third-order valence-corrected chi connectivity index (χ3v) is 5.47. The SMILES string of the molecule is CC(Cc1ccc(C(F)(F)F)cc1)C(=O)N1CC2CCC(N)C2C1.Cl. The van der Waals surface area contributed by atoms with Crippen LogP contribution in [0.5, 0.6) is 0 Å². The molecule has 25 heavy (non-hydrogen) atoms. The van der Waals surface area contributed by atoms with E-state index in [4.69, 9.17) is 5.73 Å². The van der Waals surface area contributed by atoms with Gasteiger partial charge >= 0.3 is 6.18 Å². The van der Waals surface area contributed by atoms with Gasteiger partial charge in [-0.15, -0.1) is 12.4 Å². The van der Waals surface area contributed by atoms with Crippen molar-refractivity contribution in [2.45, 2.75) is 38.4 Å². The Balaban J connectivity index is 0.00000225. The van der Waals surface area contributed by atoms with Crippen molar-refractivity contribution in [2.24, 2.45) is 23.5 Å². The molecule has 1 aliphatic carbocycles. The fraction of sp³-hybridized carbons (Fsp3) is 0.611. The lowest BCUT2D eigenvalue weighted by molar-refractivity contribution is -0.137. The van der Waals surface area contributed by atoms with Crippen molar-refractivity contribution in [3.8, 4) is 0 Å². The number of likely N-dealkylation sites (tertiary alicyclic amines) is 1. The molecule has 1 amide bonds. The zero-order valence-electron chi connectivity index (χ0n) is 14.1. The van der Waals surface area contributed by atoms with Crippen LogP contribution in [0, 0.1) is 17.8 Å². The molecule has 1 heterocycles. The zero-order chi connectivity index (χ0) is 17.5. The molecular formula is C18H24ClF3N2O. The number of halogens is 4. The summed E-state index contributed by atoms with van der Waals surface area (Å²) in [6.45, 7) is 3.34. The van der Waals surface area contributed by atoms with Crippen LogP contribution in [0.15, 0.2) is 24.3 Å². The maximum atomic E-state index is 12.6. The summed E-state index contributed by atoms with van der Waals surface area (Å²) in [5.74, 6) is 0.766. The van der Waals surface area contributed by atoms with Crippen LogP contribution in [0.3, 0.4) is 0 Å². The highest BCUT2D eigenvalue weighted by Gasteiger charge is 2.43. The van der Waals surface area contributed by atoms with Crippen LogP contribution in [0.1, 0.15) is 30.9 Å². The summed E-state index contributed by atoms with van der Waals surface area (Å²) in [5.41, 5.74) is 6.19. The molecule has 1 saturated carbocycles. The van der Waals surface area contributed by atoms with Gasteiger partial charge in [-0.2, -0.15) is 13.2 Å². The molecule has 0 bridgehead atoms. The van der Waals surface area contributed by atoms with E-state index in [9.17, 15) is 18.0 Å². The Morgan fingerprint density at radius 1 is 1.24 bits per heavy atom. The number of hydrogen-bond acceptors (Lipinski definition) is 2. The van der Waals surface area contributed by atoms with Gasteiger partial charge in [-0.1, -0.05) is 19.1 Å². The molecule has 4 unspecified atom stereocenters. The van der Waals surface area contributed by atoms with E-state index in [1.807, 2.05) is 11.8 Å². The number of fused-ring (bicyclic) bond motifs is 1. The highest BCUT2D eigenvalue weighted by atomic mass is 35.5. The van der Waals surface area contributed by atoms with Gasteiger partial charge in [0.15, 0.2) is 0 Å². The molecule has 3 nitrogen and oxygen atoms in total. The number of alkyl halides is 3. The molecule has 1 aromatic carbocycles. The summed E-state index contributed by atoms with van der Waals surface area (Å²) in [5, 5.41) is 0. The molecule has 0 spiro atoms. The van der Waals surface area contributed by atoms with Crippen molar-refractivity contribution in [3.05, 3.63) is 35.4 Å². The Labute approximate surface area is 152 Å². The van der Waals surface area contributed by atoms with E-state index in [0.717, 1.165) is 43.6 Å². The average Bonchev–Trinajstić information content (AvgIpc) is 3.08. The van der Waals surface area contributed by atoms with E-state index < -0.39 is 11.7 Å². The first-order valence-corrected chi connectivity index (χ1v) is 8.46. The van der Waals surface area contributed by atoms with Gasteiger partial charge in [-0.3, -0.25) is 4.79 Å². The molecule has 1 aliphatic heterocycles. The second kappa shape index (κ2) is 7.54. The van der Waals surface area contributed by atoms with E-state index in [1.54, 1.807) is 0 Å². The third kappa shape index (κ3) is 4.29. The number of carbonyl (C=O) groups is 1. The number of carbonyl (C=O) groups excluding carboxylic acids is 1. The van der Waals surface area contributed by atoms with Crippen LogP contribution in [-0.2, 0) is 17.4 Å². The molecular weight excluding hydrogens is 353 g/mol. The van der Waals surface area contributed by atoms with Crippen molar-refractivity contribution in [1.29, 1.82) is 0 Å². The van der Waals surface area contributed by atoms with Gasteiger partial charge in [-0.05, 0) is 48.8 Å². The van der Waals surface area contributed by atoms with E-state index in [0.29, 0.717) is 18.3 Å². The minimum atomic E-state index is -4.33. The average molecular weight is 377 g/mol. The molecule has 1 aromatic rings. The predicted molar refractivity (Wildman–Crippen MR) is 92.3 cm³/mol. The Morgan fingerprint density at radius 3 is 2.44 bits per heavy atom. The first-order chi connectivity index (χ1) is 11.3. The predicted octanol–water partition coefficient (Wildman–Crippen LogP) is 3.50. The zero-order valence-corrected chi connectivity index (χ0v) is 14.9. The van der Waals surface area contributed by atoms with Gasteiger partial charge in [0.1, 0.15) is 0 Å². The van der Waals surface area contributed by atoms with Gasteiger partial charge < -0.3 is 10.6 Å². The highest BCUT2D eigenvalue weighted by Crippen LogP contribution is 2.37. The lowest BCUT2D eigenvalue weighted by Gasteiger charge is -2.22. The lowest BCUT2D eigenvalue weighted by Crippen LogP contribution is -2.36. The molecule has 140 valence electrons. The minimum Gasteiger partial charge on any atom is -0.342 e. The number of nitrogens with zero attached hydrogens (tertiary/aromatic N) is 1. The first kappa shape index (κ1) is 20.0. The highest BCUT2D eigenvalue weighted by molar-refractivity contribution is 5.85. The second-order valence-electron chi connectivity index (χ2n) is 7.21. The Morgan fingerprint density at radius 2 is 1.88 bits per heavy atom. The van der Waals surface area contributed by atoms with Crippen LogP contribution in [0.2, 0.25) is 0 Å². The second-order valence-corrected chi connectivity index (χ2v) is 7.21. The molecule has 2 aliphatic rings. The lowest BCUT2D eigenvalue weighted by atomic mass is 9.98. The largest absolute Gasteiger partial charge is 0.416 e. The number of rotatable bonds is 3. The summed E-state index contributed by atoms with van der Waals surface area (Å²) in [6.07, 6.45) is -1.75. The molecule has 0 aromatic heterocycles. The summed E-state index contributed by atoms with van der Waals surface area (Å²) < 4.78 is 37.8. The number of amides is 1. The van der Waals surface area contributed by atoms with Gasteiger partial charge in [0.2, 0.25) is 5.91 Å². The molecule has 3 rings (SSSR count). The fourth-order valence-corrected chi connectivity index (χ4v) is 4.07. The Hall–Kier alpha value is -1.27. The molecule has 7 heteroatoms. The first-order valence-electron chi connectivity index (χ1n) is 8.46. The van der Waals surface area contributed by atoms with Gasteiger partial charge in [0.05, 0.1) is 5.56 Å². The summed E-state index contributed by atoms with van der Waals surface area (Å²) in [7, 11) is 0. The monoisotopic (exact) mass is 376 g/mol. The topological polar surface area (TPSA) is 46.3 Å². The van der Waals surface area contributed by atoms with Gasteiger partial charge in [-0.25, -0.2) is 0 Å². The van der Waals surface area contributed by atoms with Crippen molar-refractivity contribution >= 4 is 18.3 Å². The number of nitrogens with two attached hydrogens (primary N) is 1. The van der Waals surface area contributed by atoms with E-state index >= 15 is 0 Å². The molecule has 1 saturated heterocycles. The summed E-state index contributed by atoms with van der Waals surface area (Å²) >= 11 is 0. The van der Waals surface area contributed by atoms with E-state index in [-0.39, 0.29) is 30.3 Å². The smallest absolute Gasteiger partial charge is 0.342 e. The van der Waals surface area contributed by atoms with E-state index in [2.05, 4.69) is 0 Å². The van der Waals surface area contributed by atoms with Crippen LogP contribution in [0.25, 0.3) is 0 Å². The van der Waals surface area contributed by atoms with Crippen molar-refractivity contribution < 1.29 is 18.0 Å². The van der Waals surface area contributed by atoms with Crippen LogP contribution < -0.4 is 5.73 Å².